The second kappa shape index (κ2) is 7.09. The summed E-state index contributed by atoms with van der Waals surface area (Å²) in [6, 6.07) is 12.1. The van der Waals surface area contributed by atoms with E-state index >= 15 is 0 Å². The number of pyridine rings is 1. The first-order valence-electron chi connectivity index (χ1n) is 8.99. The lowest BCUT2D eigenvalue weighted by molar-refractivity contribution is -0.124. The highest BCUT2D eigenvalue weighted by Gasteiger charge is 2.41. The summed E-state index contributed by atoms with van der Waals surface area (Å²) in [6.45, 7) is 1.87. The van der Waals surface area contributed by atoms with Crippen LogP contribution in [-0.4, -0.2) is 21.9 Å². The number of hydrogen-bond acceptors (Lipinski definition) is 5. The summed E-state index contributed by atoms with van der Waals surface area (Å²) >= 11 is 7.90. The number of nitrogens with one attached hydrogen (secondary N) is 1. The van der Waals surface area contributed by atoms with Crippen molar-refractivity contribution in [2.75, 3.05) is 5.32 Å². The van der Waals surface area contributed by atoms with Crippen molar-refractivity contribution in [1.29, 1.82) is 0 Å². The molecule has 0 saturated heterocycles. The first-order valence-corrected chi connectivity index (χ1v) is 10.2. The van der Waals surface area contributed by atoms with Gasteiger partial charge >= 0.3 is 0 Å². The van der Waals surface area contributed by atoms with Gasteiger partial charge in [-0.3, -0.25) is 4.79 Å². The highest BCUT2D eigenvalue weighted by atomic mass is 35.5. The van der Waals surface area contributed by atoms with Crippen molar-refractivity contribution in [2.24, 2.45) is 11.7 Å². The van der Waals surface area contributed by atoms with Crippen LogP contribution in [0.4, 0.5) is 5.13 Å². The van der Waals surface area contributed by atoms with Crippen molar-refractivity contribution in [1.82, 2.24) is 9.97 Å². The van der Waals surface area contributed by atoms with E-state index in [1.54, 1.807) is 23.6 Å². The fourth-order valence-electron chi connectivity index (χ4n) is 3.85. The molecule has 1 aliphatic rings. The number of hydrogen-bond donors (Lipinski definition) is 2. The molecule has 1 amide bonds. The first-order chi connectivity index (χ1) is 13.0. The Kier molecular flexibility index (Phi) is 4.78. The number of anilines is 1. The number of carbonyl (C=O) groups excluding carboxylic acids is 1. The second-order valence-electron chi connectivity index (χ2n) is 7.41. The number of carbonyl (C=O) groups is 1. The van der Waals surface area contributed by atoms with Crippen LogP contribution in [0.25, 0.3) is 10.2 Å². The number of amides is 1. The minimum absolute atomic E-state index is 0.349. The van der Waals surface area contributed by atoms with Crippen molar-refractivity contribution >= 4 is 44.2 Å². The maximum absolute atomic E-state index is 12.2. The van der Waals surface area contributed by atoms with Crippen molar-refractivity contribution in [3.8, 4) is 0 Å². The van der Waals surface area contributed by atoms with E-state index in [0.717, 1.165) is 23.5 Å². The standard InChI is InChI=1S/C20H21ClN4OS/c1-20(18(22)26,14-5-4-8-23-17(14)21)11-12-9-13(10-12)24-19-25-15-6-2-3-7-16(15)27-19/h2-8,12-13H,9-11H2,1H3,(H2,22,26)(H,24,25). The molecule has 27 heavy (non-hydrogen) atoms. The largest absolute Gasteiger partial charge is 0.369 e. The molecule has 4 rings (SSSR count). The van der Waals surface area contributed by atoms with Gasteiger partial charge in [0, 0.05) is 17.8 Å². The van der Waals surface area contributed by atoms with Gasteiger partial charge in [0.05, 0.1) is 15.6 Å². The fourth-order valence-corrected chi connectivity index (χ4v) is 5.12. The molecule has 2 heterocycles. The molecule has 140 valence electrons. The number of primary amides is 1. The number of benzene rings is 1. The molecule has 1 saturated carbocycles. The summed E-state index contributed by atoms with van der Waals surface area (Å²) in [7, 11) is 0. The van der Waals surface area contributed by atoms with E-state index in [1.807, 2.05) is 31.2 Å². The first kappa shape index (κ1) is 18.2. The summed E-state index contributed by atoms with van der Waals surface area (Å²) in [4.78, 5) is 21.0. The monoisotopic (exact) mass is 400 g/mol. The third kappa shape index (κ3) is 3.51. The van der Waals surface area contributed by atoms with Crippen LogP contribution in [0, 0.1) is 5.92 Å². The molecule has 0 aliphatic heterocycles. The summed E-state index contributed by atoms with van der Waals surface area (Å²) < 4.78 is 1.18. The van der Waals surface area contributed by atoms with Crippen LogP contribution >= 0.6 is 22.9 Å². The zero-order valence-corrected chi connectivity index (χ0v) is 16.6. The average Bonchev–Trinajstić information content (AvgIpc) is 3.02. The van der Waals surface area contributed by atoms with E-state index in [-0.39, 0.29) is 5.91 Å². The van der Waals surface area contributed by atoms with Gasteiger partial charge in [0.1, 0.15) is 5.15 Å². The summed E-state index contributed by atoms with van der Waals surface area (Å²) in [5.74, 6) is 0.0469. The fraction of sp³-hybridized carbons (Fsp3) is 0.350. The van der Waals surface area contributed by atoms with Gasteiger partial charge in [-0.2, -0.15) is 0 Å². The molecule has 0 bridgehead atoms. The van der Waals surface area contributed by atoms with Crippen molar-refractivity contribution in [3.63, 3.8) is 0 Å². The van der Waals surface area contributed by atoms with E-state index in [4.69, 9.17) is 17.3 Å². The quantitative estimate of drug-likeness (QED) is 0.602. The third-order valence-corrected chi connectivity index (χ3v) is 6.72. The average molecular weight is 401 g/mol. The van der Waals surface area contributed by atoms with Crippen LogP contribution in [0.15, 0.2) is 42.6 Å². The molecular weight excluding hydrogens is 380 g/mol. The van der Waals surface area contributed by atoms with Gasteiger partial charge in [-0.1, -0.05) is 41.1 Å². The zero-order chi connectivity index (χ0) is 19.0. The molecule has 3 aromatic rings. The minimum Gasteiger partial charge on any atom is -0.369 e. The number of rotatable bonds is 6. The highest BCUT2D eigenvalue weighted by Crippen LogP contribution is 2.42. The van der Waals surface area contributed by atoms with Gasteiger partial charge < -0.3 is 11.1 Å². The summed E-state index contributed by atoms with van der Waals surface area (Å²) in [5.41, 5.74) is 6.67. The molecule has 1 atom stereocenters. The third-order valence-electron chi connectivity index (χ3n) is 5.45. The molecule has 3 N–H and O–H groups in total. The highest BCUT2D eigenvalue weighted by molar-refractivity contribution is 7.22. The Balaban J connectivity index is 1.41. The van der Waals surface area contributed by atoms with Crippen LogP contribution in [0.2, 0.25) is 5.15 Å². The number of halogens is 1. The van der Waals surface area contributed by atoms with E-state index in [9.17, 15) is 4.79 Å². The predicted molar refractivity (Wildman–Crippen MR) is 110 cm³/mol. The van der Waals surface area contributed by atoms with E-state index < -0.39 is 5.41 Å². The van der Waals surface area contributed by atoms with E-state index in [0.29, 0.717) is 29.1 Å². The van der Waals surface area contributed by atoms with Gasteiger partial charge in [0.2, 0.25) is 5.91 Å². The SMILES string of the molecule is CC(CC1CC(Nc2nc3ccccc3s2)C1)(C(N)=O)c1cccnc1Cl. The Morgan fingerprint density at radius 2 is 2.11 bits per heavy atom. The van der Waals surface area contributed by atoms with Crippen molar-refractivity contribution < 1.29 is 4.79 Å². The molecule has 5 nitrogen and oxygen atoms in total. The Hall–Kier alpha value is -2.18. The molecular formula is C20H21ClN4OS. The lowest BCUT2D eigenvalue weighted by Gasteiger charge is -2.40. The van der Waals surface area contributed by atoms with Gasteiger partial charge in [0.25, 0.3) is 0 Å². The number of nitrogens with two attached hydrogens (primary N) is 1. The Bertz CT molecular complexity index is 952. The topological polar surface area (TPSA) is 80.9 Å². The van der Waals surface area contributed by atoms with Crippen LogP contribution < -0.4 is 11.1 Å². The molecule has 7 heteroatoms. The Morgan fingerprint density at radius 3 is 2.81 bits per heavy atom. The second-order valence-corrected chi connectivity index (χ2v) is 8.80. The molecule has 1 unspecified atom stereocenters. The van der Waals surface area contributed by atoms with Gasteiger partial charge in [0.15, 0.2) is 5.13 Å². The van der Waals surface area contributed by atoms with E-state index in [1.165, 1.54) is 4.70 Å². The van der Waals surface area contributed by atoms with Gasteiger partial charge in [-0.25, -0.2) is 9.97 Å². The predicted octanol–water partition coefficient (Wildman–Crippen LogP) is 4.37. The lowest BCUT2D eigenvalue weighted by atomic mass is 9.67. The Morgan fingerprint density at radius 1 is 1.33 bits per heavy atom. The van der Waals surface area contributed by atoms with Crippen LogP contribution in [-0.2, 0) is 10.2 Å². The number of para-hydroxylation sites is 1. The summed E-state index contributed by atoms with van der Waals surface area (Å²) in [5, 5.41) is 4.82. The summed E-state index contributed by atoms with van der Waals surface area (Å²) in [6.07, 6.45) is 4.26. The van der Waals surface area contributed by atoms with Crippen LogP contribution in [0.3, 0.4) is 0 Å². The van der Waals surface area contributed by atoms with Crippen LogP contribution in [0.5, 0.6) is 0 Å². The van der Waals surface area contributed by atoms with Crippen molar-refractivity contribution in [2.45, 2.75) is 37.6 Å². The number of thiazole rings is 1. The minimum atomic E-state index is -0.809. The molecule has 0 spiro atoms. The Labute approximate surface area is 167 Å². The number of nitrogens with zero attached hydrogens (tertiary/aromatic N) is 2. The van der Waals surface area contributed by atoms with Crippen LogP contribution in [0.1, 0.15) is 31.7 Å². The maximum Gasteiger partial charge on any atom is 0.227 e. The van der Waals surface area contributed by atoms with Crippen molar-refractivity contribution in [3.05, 3.63) is 53.3 Å². The maximum atomic E-state index is 12.2. The number of fused-ring (bicyclic) bond motifs is 1. The molecule has 2 aromatic heterocycles. The smallest absolute Gasteiger partial charge is 0.227 e. The zero-order valence-electron chi connectivity index (χ0n) is 15.0. The molecule has 1 aliphatic carbocycles. The molecule has 1 aromatic carbocycles. The number of aromatic nitrogens is 2. The van der Waals surface area contributed by atoms with E-state index in [2.05, 4.69) is 21.4 Å². The van der Waals surface area contributed by atoms with Gasteiger partial charge in [-0.15, -0.1) is 0 Å². The lowest BCUT2D eigenvalue weighted by Crippen LogP contribution is -2.45. The molecule has 1 fully saturated rings. The normalized spacial score (nSPS) is 21.4. The molecule has 0 radical (unpaired) electrons. The van der Waals surface area contributed by atoms with Gasteiger partial charge in [-0.05, 0) is 50.3 Å².